The van der Waals surface area contributed by atoms with Crippen molar-refractivity contribution in [2.45, 2.75) is 19.4 Å². The molecule has 0 amide bonds. The highest BCUT2D eigenvalue weighted by molar-refractivity contribution is 5.60. The Hall–Kier alpha value is -1.81. The zero-order valence-corrected chi connectivity index (χ0v) is 10.5. The summed E-state index contributed by atoms with van der Waals surface area (Å²) >= 11 is 0. The summed E-state index contributed by atoms with van der Waals surface area (Å²) in [6.07, 6.45) is 5.63. The highest BCUT2D eigenvalue weighted by Crippen LogP contribution is 2.22. The van der Waals surface area contributed by atoms with E-state index in [2.05, 4.69) is 4.98 Å². The van der Waals surface area contributed by atoms with Gasteiger partial charge in [-0.05, 0) is 25.0 Å². The molecule has 1 aromatic heterocycles. The molecular formula is C14H17N3O. The van der Waals surface area contributed by atoms with E-state index in [0.717, 1.165) is 36.4 Å². The van der Waals surface area contributed by atoms with Gasteiger partial charge in [-0.1, -0.05) is 12.1 Å². The van der Waals surface area contributed by atoms with Gasteiger partial charge in [0, 0.05) is 24.8 Å². The number of methoxy groups -OCH3 is 1. The molecule has 1 heterocycles. The van der Waals surface area contributed by atoms with E-state index in [1.807, 2.05) is 41.4 Å². The molecular weight excluding hydrogens is 226 g/mol. The van der Waals surface area contributed by atoms with E-state index in [4.69, 9.17) is 10.5 Å². The number of aryl methyl sites for hydroxylation is 1. The van der Waals surface area contributed by atoms with Crippen molar-refractivity contribution in [2.75, 3.05) is 13.7 Å². The Kier molecular flexibility index (Phi) is 4.36. The number of nitrogens with zero attached hydrogens (tertiary/aromatic N) is 3. The van der Waals surface area contributed by atoms with Crippen molar-refractivity contribution in [3.05, 3.63) is 36.8 Å². The van der Waals surface area contributed by atoms with Gasteiger partial charge in [0.25, 0.3) is 0 Å². The third-order valence-corrected chi connectivity index (χ3v) is 2.82. The minimum absolute atomic E-state index is 0.247. The van der Waals surface area contributed by atoms with Gasteiger partial charge in [-0.3, -0.25) is 0 Å². The van der Waals surface area contributed by atoms with Crippen molar-refractivity contribution >= 4 is 0 Å². The predicted octanol–water partition coefficient (Wildman–Crippen LogP) is 2.41. The highest BCUT2D eigenvalue weighted by atomic mass is 16.5. The van der Waals surface area contributed by atoms with Crippen molar-refractivity contribution < 1.29 is 4.74 Å². The number of imidazole rings is 1. The first-order valence-electron chi connectivity index (χ1n) is 6.10. The normalized spacial score (nSPS) is 10.6. The number of rotatable bonds is 6. The van der Waals surface area contributed by atoms with Gasteiger partial charge in [0.2, 0.25) is 0 Å². The fourth-order valence-electron chi connectivity index (χ4n) is 1.82. The molecule has 1 aromatic carbocycles. The molecule has 2 rings (SSSR count). The highest BCUT2D eigenvalue weighted by Gasteiger charge is 2.03. The summed E-state index contributed by atoms with van der Waals surface area (Å²) in [5.41, 5.74) is 10.7. The molecule has 0 saturated heterocycles. The molecule has 0 bridgehead atoms. The van der Waals surface area contributed by atoms with Crippen molar-refractivity contribution in [2.24, 2.45) is 0 Å². The molecule has 2 aromatic rings. The van der Waals surface area contributed by atoms with E-state index in [0.29, 0.717) is 0 Å². The van der Waals surface area contributed by atoms with Crippen LogP contribution >= 0.6 is 0 Å². The van der Waals surface area contributed by atoms with E-state index < -0.39 is 0 Å². The lowest BCUT2D eigenvalue weighted by molar-refractivity contribution is 0.415. The standard InChI is InChI=1S/C14H17N3O/c1-18-13-6-4-5-12(9-13)14-10-17(11-16-14)8-3-2-7-15/h4-6,9-11H,2-3,7-8H2,1H3. The minimum atomic E-state index is 0.247. The Morgan fingerprint density at radius 3 is 3.00 bits per heavy atom. The van der Waals surface area contributed by atoms with Gasteiger partial charge in [0.05, 0.1) is 19.1 Å². The average molecular weight is 243 g/mol. The fourth-order valence-corrected chi connectivity index (χ4v) is 1.82. The molecule has 2 radical (unpaired) electrons. The Morgan fingerprint density at radius 1 is 1.33 bits per heavy atom. The van der Waals surface area contributed by atoms with Gasteiger partial charge in [0.1, 0.15) is 5.75 Å². The van der Waals surface area contributed by atoms with Gasteiger partial charge in [-0.2, -0.15) is 0 Å². The first-order valence-corrected chi connectivity index (χ1v) is 6.10. The molecule has 0 aliphatic rings. The maximum absolute atomic E-state index is 8.75. The first-order chi connectivity index (χ1) is 8.83. The summed E-state index contributed by atoms with van der Waals surface area (Å²) in [6, 6.07) is 7.87. The number of hydrogen-bond acceptors (Lipinski definition) is 2. The van der Waals surface area contributed by atoms with Crippen LogP contribution in [-0.2, 0) is 6.54 Å². The zero-order valence-electron chi connectivity index (χ0n) is 10.5. The summed E-state index contributed by atoms with van der Waals surface area (Å²) in [5.74, 6) is 0.835. The van der Waals surface area contributed by atoms with Gasteiger partial charge in [-0.25, -0.2) is 4.98 Å². The maximum Gasteiger partial charge on any atom is 0.119 e. The van der Waals surface area contributed by atoms with Crippen molar-refractivity contribution in [1.82, 2.24) is 15.3 Å². The second kappa shape index (κ2) is 6.21. The number of unbranched alkanes of at least 4 members (excludes halogenated alkanes) is 1. The summed E-state index contributed by atoms with van der Waals surface area (Å²) in [5, 5.41) is 0. The number of benzene rings is 1. The largest absolute Gasteiger partial charge is 0.497 e. The van der Waals surface area contributed by atoms with Crippen LogP contribution in [0.25, 0.3) is 11.3 Å². The number of ether oxygens (including phenoxy) is 1. The quantitative estimate of drug-likeness (QED) is 0.731. The molecule has 94 valence electrons. The molecule has 18 heavy (non-hydrogen) atoms. The Bertz CT molecular complexity index is 493. The van der Waals surface area contributed by atoms with Crippen LogP contribution in [0.3, 0.4) is 0 Å². The van der Waals surface area contributed by atoms with Crippen LogP contribution in [-0.4, -0.2) is 23.2 Å². The summed E-state index contributed by atoms with van der Waals surface area (Å²) in [7, 11) is 1.66. The van der Waals surface area contributed by atoms with E-state index in [1.54, 1.807) is 7.11 Å². The average Bonchev–Trinajstić information content (AvgIpc) is 2.88. The lowest BCUT2D eigenvalue weighted by atomic mass is 10.1. The SMILES string of the molecule is COc1cccc(-c2cn(CCCC[N])cn2)c1. The molecule has 0 aliphatic heterocycles. The fraction of sp³-hybridized carbons (Fsp3) is 0.357. The van der Waals surface area contributed by atoms with Gasteiger partial charge >= 0.3 is 0 Å². The second-order valence-electron chi connectivity index (χ2n) is 4.16. The summed E-state index contributed by atoms with van der Waals surface area (Å²) in [6.45, 7) is 1.13. The van der Waals surface area contributed by atoms with Gasteiger partial charge in [0.15, 0.2) is 0 Å². The molecule has 4 nitrogen and oxygen atoms in total. The van der Waals surface area contributed by atoms with Crippen LogP contribution in [0.5, 0.6) is 5.75 Å². The van der Waals surface area contributed by atoms with E-state index in [9.17, 15) is 0 Å². The monoisotopic (exact) mass is 243 g/mol. The van der Waals surface area contributed by atoms with Crippen LogP contribution < -0.4 is 10.5 Å². The molecule has 0 spiro atoms. The minimum Gasteiger partial charge on any atom is -0.497 e. The lowest BCUT2D eigenvalue weighted by Gasteiger charge is -2.02. The smallest absolute Gasteiger partial charge is 0.119 e. The zero-order chi connectivity index (χ0) is 12.8. The van der Waals surface area contributed by atoms with E-state index >= 15 is 0 Å². The molecule has 0 N–H and O–H groups in total. The third-order valence-electron chi connectivity index (χ3n) is 2.82. The Balaban J connectivity index is 2.08. The molecule has 0 unspecified atom stereocenters. The van der Waals surface area contributed by atoms with Crippen molar-refractivity contribution in [3.63, 3.8) is 0 Å². The van der Waals surface area contributed by atoms with Crippen LogP contribution in [0.15, 0.2) is 36.8 Å². The van der Waals surface area contributed by atoms with Crippen molar-refractivity contribution in [1.29, 1.82) is 0 Å². The molecule has 0 aliphatic carbocycles. The van der Waals surface area contributed by atoms with Crippen LogP contribution in [0, 0.1) is 0 Å². The Morgan fingerprint density at radius 2 is 2.22 bits per heavy atom. The van der Waals surface area contributed by atoms with Gasteiger partial charge < -0.3 is 9.30 Å². The lowest BCUT2D eigenvalue weighted by Crippen LogP contribution is -1.96. The number of aromatic nitrogens is 2. The molecule has 0 fully saturated rings. The Labute approximate surface area is 107 Å². The summed E-state index contributed by atoms with van der Waals surface area (Å²) < 4.78 is 7.25. The molecule has 0 saturated carbocycles. The van der Waals surface area contributed by atoms with Crippen LogP contribution in [0.1, 0.15) is 12.8 Å². The van der Waals surface area contributed by atoms with Crippen LogP contribution in [0.4, 0.5) is 0 Å². The second-order valence-corrected chi connectivity index (χ2v) is 4.16. The predicted molar refractivity (Wildman–Crippen MR) is 70.5 cm³/mol. The van der Waals surface area contributed by atoms with Crippen LogP contribution in [0.2, 0.25) is 0 Å². The van der Waals surface area contributed by atoms with E-state index in [-0.39, 0.29) is 6.54 Å². The third kappa shape index (κ3) is 3.11. The summed E-state index contributed by atoms with van der Waals surface area (Å²) in [4.78, 5) is 4.39. The maximum atomic E-state index is 8.75. The van der Waals surface area contributed by atoms with Gasteiger partial charge in [-0.15, -0.1) is 5.73 Å². The number of hydrogen-bond donors (Lipinski definition) is 0. The van der Waals surface area contributed by atoms with Crippen molar-refractivity contribution in [3.8, 4) is 17.0 Å². The first kappa shape index (κ1) is 12.6. The molecule has 4 heteroatoms. The molecule has 0 atom stereocenters. The van der Waals surface area contributed by atoms with E-state index in [1.165, 1.54) is 0 Å². The topological polar surface area (TPSA) is 49.4 Å².